The van der Waals surface area contributed by atoms with Crippen molar-refractivity contribution in [2.45, 2.75) is 5.92 Å². The Morgan fingerprint density at radius 2 is 1.68 bits per heavy atom. The van der Waals surface area contributed by atoms with Crippen molar-refractivity contribution >= 4 is 22.1 Å². The van der Waals surface area contributed by atoms with Gasteiger partial charge >= 0.3 is 0 Å². The molecule has 7 nitrogen and oxygen atoms in total. The highest BCUT2D eigenvalue weighted by Gasteiger charge is 2.34. The molecule has 0 spiro atoms. The number of benzene rings is 4. The zero-order chi connectivity index (χ0) is 25.8. The number of hydrogen-bond acceptors (Lipinski definition) is 6. The molecule has 0 saturated heterocycles. The fourth-order valence-electron chi connectivity index (χ4n) is 5.22. The first-order valence-electron chi connectivity index (χ1n) is 12.5. The number of methoxy groups -OCH3 is 1. The van der Waals surface area contributed by atoms with Crippen LogP contribution in [0.4, 0.5) is 5.69 Å². The molecule has 0 radical (unpaired) electrons. The molecule has 0 bridgehead atoms. The summed E-state index contributed by atoms with van der Waals surface area (Å²) in [5.74, 6) is 2.68. The van der Waals surface area contributed by atoms with Crippen LogP contribution in [0, 0.1) is 0 Å². The van der Waals surface area contributed by atoms with E-state index in [0.29, 0.717) is 11.7 Å². The minimum Gasteiger partial charge on any atom is -0.497 e. The van der Waals surface area contributed by atoms with Crippen LogP contribution in [0.15, 0.2) is 91.3 Å². The Labute approximate surface area is 219 Å². The van der Waals surface area contributed by atoms with Gasteiger partial charge in [0.1, 0.15) is 17.8 Å². The summed E-state index contributed by atoms with van der Waals surface area (Å²) in [6.45, 7) is 0. The average Bonchev–Trinajstić information content (AvgIpc) is 3.41. The molecule has 186 valence electrons. The fraction of sp³-hybridized carbons (Fsp3) is 0.129. The number of ether oxygens (including phenoxy) is 2. The number of anilines is 1. The van der Waals surface area contributed by atoms with Crippen LogP contribution in [0.3, 0.4) is 0 Å². The predicted molar refractivity (Wildman–Crippen MR) is 149 cm³/mol. The highest BCUT2D eigenvalue weighted by Crippen LogP contribution is 2.50. The van der Waals surface area contributed by atoms with Crippen LogP contribution >= 0.6 is 0 Å². The maximum Gasteiger partial charge on any atom is 0.228 e. The SMILES string of the molecule is COc1ccc([C@@H]2c3ccc4ccccc4c3Oc3ncn4nc(-c5ccc(N(C)C)cc5)nc4c32)cc1. The normalized spacial score (nSPS) is 14.1. The molecule has 1 aliphatic rings. The van der Waals surface area contributed by atoms with E-state index in [1.807, 2.05) is 50.5 Å². The molecular weight excluding hydrogens is 474 g/mol. The van der Waals surface area contributed by atoms with Gasteiger partial charge < -0.3 is 14.4 Å². The summed E-state index contributed by atoms with van der Waals surface area (Å²) in [5.41, 5.74) is 5.84. The fourth-order valence-corrected chi connectivity index (χ4v) is 5.22. The second-order valence-electron chi connectivity index (χ2n) is 9.62. The average molecular weight is 500 g/mol. The third-order valence-electron chi connectivity index (χ3n) is 7.19. The smallest absolute Gasteiger partial charge is 0.228 e. The Balaban J connectivity index is 1.45. The van der Waals surface area contributed by atoms with Gasteiger partial charge in [0, 0.05) is 42.2 Å². The molecule has 0 unspecified atom stereocenters. The monoisotopic (exact) mass is 499 g/mol. The first kappa shape index (κ1) is 22.3. The Morgan fingerprint density at radius 1 is 0.895 bits per heavy atom. The van der Waals surface area contributed by atoms with E-state index in [2.05, 4.69) is 53.4 Å². The van der Waals surface area contributed by atoms with Crippen LogP contribution in [0.2, 0.25) is 0 Å². The van der Waals surface area contributed by atoms with Gasteiger partial charge in [-0.05, 0) is 47.3 Å². The van der Waals surface area contributed by atoms with Crippen molar-refractivity contribution in [3.05, 3.63) is 108 Å². The summed E-state index contributed by atoms with van der Waals surface area (Å²) < 4.78 is 13.7. The minimum atomic E-state index is -0.145. The molecule has 38 heavy (non-hydrogen) atoms. The summed E-state index contributed by atoms with van der Waals surface area (Å²) in [6.07, 6.45) is 1.68. The van der Waals surface area contributed by atoms with Crippen molar-refractivity contribution in [3.8, 4) is 28.8 Å². The van der Waals surface area contributed by atoms with E-state index in [0.717, 1.165) is 55.9 Å². The number of nitrogens with zero attached hydrogens (tertiary/aromatic N) is 5. The van der Waals surface area contributed by atoms with Gasteiger partial charge in [-0.3, -0.25) is 0 Å². The summed E-state index contributed by atoms with van der Waals surface area (Å²) in [4.78, 5) is 11.8. The molecule has 0 aliphatic carbocycles. The van der Waals surface area contributed by atoms with E-state index in [-0.39, 0.29) is 5.92 Å². The van der Waals surface area contributed by atoms with Gasteiger partial charge in [-0.2, -0.15) is 0 Å². The highest BCUT2D eigenvalue weighted by molar-refractivity contribution is 5.91. The molecule has 0 amide bonds. The van der Waals surface area contributed by atoms with Crippen molar-refractivity contribution in [2.24, 2.45) is 0 Å². The molecule has 4 aromatic carbocycles. The van der Waals surface area contributed by atoms with Gasteiger partial charge in [0.25, 0.3) is 0 Å². The van der Waals surface area contributed by atoms with Crippen molar-refractivity contribution in [1.29, 1.82) is 0 Å². The number of fused-ring (bicyclic) bond motifs is 6. The zero-order valence-corrected chi connectivity index (χ0v) is 21.3. The first-order valence-corrected chi connectivity index (χ1v) is 12.5. The summed E-state index contributed by atoms with van der Waals surface area (Å²) in [5, 5.41) is 6.96. The van der Waals surface area contributed by atoms with Crippen LogP contribution in [0.5, 0.6) is 17.4 Å². The Hall–Kier alpha value is -4.91. The Bertz CT molecular complexity index is 1810. The topological polar surface area (TPSA) is 64.8 Å². The second kappa shape index (κ2) is 8.59. The van der Waals surface area contributed by atoms with Crippen LogP contribution in [-0.2, 0) is 0 Å². The lowest BCUT2D eigenvalue weighted by atomic mass is 9.83. The standard InChI is InChI=1S/C31H25N5O2/c1-35(2)22-13-8-21(9-14-22)29-33-30-27-26(20-10-15-23(37-3)16-11-20)25-17-12-19-6-4-5-7-24(19)28(25)38-31(27)32-18-36(30)34-29/h4-18,26H,1-3H3/t26-/m1/s1. The molecule has 6 aromatic rings. The van der Waals surface area contributed by atoms with Gasteiger partial charge in [-0.15, -0.1) is 5.10 Å². The molecule has 7 heteroatoms. The highest BCUT2D eigenvalue weighted by atomic mass is 16.5. The van der Waals surface area contributed by atoms with Crippen molar-refractivity contribution in [3.63, 3.8) is 0 Å². The van der Waals surface area contributed by atoms with E-state index in [1.54, 1.807) is 18.0 Å². The van der Waals surface area contributed by atoms with Crippen molar-refractivity contribution in [2.75, 3.05) is 26.1 Å². The first-order chi connectivity index (χ1) is 18.6. The molecular formula is C31H25N5O2. The van der Waals surface area contributed by atoms with Gasteiger partial charge in [0.05, 0.1) is 12.7 Å². The summed E-state index contributed by atoms with van der Waals surface area (Å²) in [6, 6.07) is 28.9. The van der Waals surface area contributed by atoms with Crippen LogP contribution in [0.25, 0.3) is 27.8 Å². The van der Waals surface area contributed by atoms with Gasteiger partial charge in [0.15, 0.2) is 11.5 Å². The lowest BCUT2D eigenvalue weighted by Gasteiger charge is -2.28. The molecule has 1 aliphatic heterocycles. The quantitative estimate of drug-likeness (QED) is 0.283. The maximum absolute atomic E-state index is 6.53. The lowest BCUT2D eigenvalue weighted by Crippen LogP contribution is -2.15. The zero-order valence-electron chi connectivity index (χ0n) is 21.3. The van der Waals surface area contributed by atoms with E-state index in [4.69, 9.17) is 24.5 Å². The Morgan fingerprint density at radius 3 is 2.45 bits per heavy atom. The molecule has 1 atom stereocenters. The molecule has 7 rings (SSSR count). The van der Waals surface area contributed by atoms with E-state index in [9.17, 15) is 0 Å². The number of hydrogen-bond donors (Lipinski definition) is 0. The van der Waals surface area contributed by atoms with Gasteiger partial charge in [-0.25, -0.2) is 14.5 Å². The molecule has 0 saturated carbocycles. The Kier molecular flexibility index (Phi) is 5.04. The van der Waals surface area contributed by atoms with E-state index >= 15 is 0 Å². The van der Waals surface area contributed by atoms with E-state index in [1.165, 1.54) is 0 Å². The number of rotatable bonds is 4. The van der Waals surface area contributed by atoms with Gasteiger partial charge in [0.2, 0.25) is 5.88 Å². The molecule has 0 fully saturated rings. The van der Waals surface area contributed by atoms with Crippen LogP contribution in [0.1, 0.15) is 22.6 Å². The largest absolute Gasteiger partial charge is 0.497 e. The second-order valence-corrected chi connectivity index (χ2v) is 9.62. The van der Waals surface area contributed by atoms with Gasteiger partial charge in [-0.1, -0.05) is 48.5 Å². The van der Waals surface area contributed by atoms with E-state index < -0.39 is 0 Å². The number of aromatic nitrogens is 4. The molecule has 0 N–H and O–H groups in total. The third kappa shape index (κ3) is 3.47. The van der Waals surface area contributed by atoms with Crippen LogP contribution in [-0.4, -0.2) is 40.8 Å². The molecule has 2 aromatic heterocycles. The summed E-state index contributed by atoms with van der Waals surface area (Å²) >= 11 is 0. The molecule has 3 heterocycles. The summed E-state index contributed by atoms with van der Waals surface area (Å²) in [7, 11) is 5.73. The van der Waals surface area contributed by atoms with Crippen molar-refractivity contribution in [1.82, 2.24) is 19.6 Å². The lowest BCUT2D eigenvalue weighted by molar-refractivity contribution is 0.414. The third-order valence-corrected chi connectivity index (χ3v) is 7.19. The van der Waals surface area contributed by atoms with Crippen molar-refractivity contribution < 1.29 is 9.47 Å². The minimum absolute atomic E-state index is 0.145. The maximum atomic E-state index is 6.53. The predicted octanol–water partition coefficient (Wildman–Crippen LogP) is 6.31. The van der Waals surface area contributed by atoms with Crippen LogP contribution < -0.4 is 14.4 Å².